The number of hydrogen-bond acceptors (Lipinski definition) is 17. The van der Waals surface area contributed by atoms with Crippen LogP contribution in [0.3, 0.4) is 0 Å². The predicted molar refractivity (Wildman–Crippen MR) is 324 cm³/mol. The smallest absolute Gasteiger partial charge is 0.328 e. The number of amides is 1. The summed E-state index contributed by atoms with van der Waals surface area (Å²) in [6.07, 6.45) is 15.0. The van der Waals surface area contributed by atoms with Crippen molar-refractivity contribution in [1.29, 1.82) is 0 Å². The minimum atomic E-state index is -0.963. The van der Waals surface area contributed by atoms with E-state index >= 15 is 0 Å². The minimum absolute atomic E-state index is 0.0193. The first-order valence-electron chi connectivity index (χ1n) is 31.6. The molecule has 10 atom stereocenters. The number of fused-ring (bicyclic) bond motifs is 7. The molecule has 2 N–H and O–H groups in total. The lowest BCUT2D eigenvalue weighted by atomic mass is 9.77. The molecule has 472 valence electrons. The highest BCUT2D eigenvalue weighted by Gasteiger charge is 2.55. The van der Waals surface area contributed by atoms with Gasteiger partial charge in [0.2, 0.25) is 5.91 Å². The van der Waals surface area contributed by atoms with Crippen molar-refractivity contribution in [3.8, 4) is 23.0 Å². The molecule has 2 spiro atoms. The zero-order valence-corrected chi connectivity index (χ0v) is 52.6. The maximum Gasteiger partial charge on any atom is 0.328 e. The molecular formula is C68H90N4O15. The average molecular weight is 1200 g/mol. The molecule has 2 saturated heterocycles. The lowest BCUT2D eigenvalue weighted by Crippen LogP contribution is -2.49. The van der Waals surface area contributed by atoms with E-state index in [9.17, 15) is 33.9 Å². The van der Waals surface area contributed by atoms with E-state index in [0.717, 1.165) is 164 Å². The van der Waals surface area contributed by atoms with Gasteiger partial charge in [0.1, 0.15) is 58.5 Å². The number of carboxylic acid groups (broad SMARTS) is 1. The first-order valence-corrected chi connectivity index (χ1v) is 31.6. The number of carbonyl (C=O) groups is 6. The van der Waals surface area contributed by atoms with Crippen molar-refractivity contribution in [2.24, 2.45) is 34.5 Å². The van der Waals surface area contributed by atoms with Crippen LogP contribution in [0.5, 0.6) is 23.0 Å². The summed E-state index contributed by atoms with van der Waals surface area (Å²) < 4.78 is 46.4. The number of benzene rings is 2. The summed E-state index contributed by atoms with van der Waals surface area (Å²) in [4.78, 5) is 88.5. The monoisotopic (exact) mass is 1200 g/mol. The SMILES string of the molecule is COC(=O)[C@@H]1C[C@]2(CCc3c(c(CCCCC[C@@H]4C[C@H]4OC(=O)C[C@H](C(=O)O)C(C)(C)C)nc4ccc(OC)cc34)O2)CN1.COC(=O)[C@@H]1C[C@]23CCc4c(c(nc5ccc(OC)cc45)CCCCC[C@@H]4C[C@H]4OC(=O)C[C@@H](C(C)(C)C)C(=O)N1C2)O3. The number of pyridine rings is 2. The van der Waals surface area contributed by atoms with Gasteiger partial charge in [0, 0.05) is 41.3 Å². The van der Waals surface area contributed by atoms with Crippen LogP contribution in [0.15, 0.2) is 36.4 Å². The highest BCUT2D eigenvalue weighted by molar-refractivity contribution is 5.91. The molecular weight excluding hydrogens is 1110 g/mol. The van der Waals surface area contributed by atoms with Gasteiger partial charge in [-0.15, -0.1) is 0 Å². The van der Waals surface area contributed by atoms with Crippen LogP contribution >= 0.6 is 0 Å². The van der Waals surface area contributed by atoms with Crippen LogP contribution in [-0.4, -0.2) is 133 Å². The highest BCUT2D eigenvalue weighted by Crippen LogP contribution is 2.49. The standard InChI is InChI=1S/C34H46N2O8.C34H44N2O7/c1-33(2,3)24(31(38)39)17-29(37)43-28-15-20(28)9-7-6-8-10-26-30-22(23-16-21(41-4)11-12-25(23)36-26)13-14-34(44-30)18-27(35-19-34)32(40)42-5;1-33(2,3)24-17-29(37)42-28-15-20(28)9-7-6-8-10-26-30-22(23-16-21(40-4)11-12-25(23)35-26)13-14-34(43-30)18-27(32(39)41-5)36(19-34)31(24)38/h11-12,16,20,24,27-28,35H,6-10,13-15,17-19H2,1-5H3,(H,38,39);11-12,16,20,24,27-28H,6-10,13-15,17-19H2,1-5H3/t2*20-,24-,27+,28-,34-/m11/s1. The average Bonchev–Trinajstić information content (AvgIpc) is 1.81. The number of methoxy groups -OCH3 is 4. The first-order chi connectivity index (χ1) is 41.4. The van der Waals surface area contributed by atoms with Crippen molar-refractivity contribution in [2.45, 2.75) is 205 Å². The zero-order valence-electron chi connectivity index (χ0n) is 52.6. The van der Waals surface area contributed by atoms with Crippen molar-refractivity contribution in [3.05, 3.63) is 58.9 Å². The van der Waals surface area contributed by atoms with E-state index in [1.165, 1.54) is 14.2 Å². The van der Waals surface area contributed by atoms with Crippen LogP contribution in [-0.2, 0) is 73.4 Å². The Morgan fingerprint density at radius 2 is 1.45 bits per heavy atom. The van der Waals surface area contributed by atoms with Crippen molar-refractivity contribution in [3.63, 3.8) is 0 Å². The van der Waals surface area contributed by atoms with Crippen LogP contribution in [0.4, 0.5) is 0 Å². The fraction of sp³-hybridized carbons (Fsp3) is 0.647. The van der Waals surface area contributed by atoms with Gasteiger partial charge >= 0.3 is 29.8 Å². The maximum atomic E-state index is 14.3. The number of unbranched alkanes of at least 4 members (excludes halogenated alkanes) is 2. The number of nitrogens with zero attached hydrogens (tertiary/aromatic N) is 3. The van der Waals surface area contributed by atoms with Gasteiger partial charge in [-0.3, -0.25) is 24.0 Å². The van der Waals surface area contributed by atoms with Gasteiger partial charge in [-0.05, 0) is 136 Å². The van der Waals surface area contributed by atoms with E-state index in [1.54, 1.807) is 19.1 Å². The van der Waals surface area contributed by atoms with Crippen molar-refractivity contribution < 1.29 is 71.8 Å². The van der Waals surface area contributed by atoms with Gasteiger partial charge in [-0.1, -0.05) is 67.2 Å². The van der Waals surface area contributed by atoms with Crippen molar-refractivity contribution >= 4 is 57.6 Å². The molecule has 4 fully saturated rings. The van der Waals surface area contributed by atoms with Crippen molar-refractivity contribution in [2.75, 3.05) is 41.5 Å². The van der Waals surface area contributed by atoms with E-state index in [4.69, 9.17) is 47.9 Å². The third kappa shape index (κ3) is 14.2. The van der Waals surface area contributed by atoms with Crippen LogP contribution in [0, 0.1) is 34.5 Å². The Bertz CT molecular complexity index is 3260. The molecule has 2 saturated carbocycles. The Hall–Kier alpha value is -6.76. The first kappa shape index (κ1) is 63.3. The molecule has 19 nitrogen and oxygen atoms in total. The number of aryl methyl sites for hydroxylation is 4. The van der Waals surface area contributed by atoms with E-state index in [0.29, 0.717) is 37.6 Å². The molecule has 1 amide bonds. The van der Waals surface area contributed by atoms with Gasteiger partial charge in [0.05, 0.1) is 82.1 Å². The van der Waals surface area contributed by atoms with Gasteiger partial charge in [-0.25, -0.2) is 14.8 Å². The summed E-state index contributed by atoms with van der Waals surface area (Å²) in [5.41, 5.74) is 3.71. The second-order valence-corrected chi connectivity index (χ2v) is 27.8. The quantitative estimate of drug-likeness (QED) is 0.0678. The molecule has 3 bridgehead atoms. The third-order valence-electron chi connectivity index (χ3n) is 19.5. The number of hydrogen-bond donors (Lipinski definition) is 2. The minimum Gasteiger partial charge on any atom is -0.497 e. The molecule has 7 aliphatic rings. The molecule has 87 heavy (non-hydrogen) atoms. The van der Waals surface area contributed by atoms with E-state index < -0.39 is 57.8 Å². The van der Waals surface area contributed by atoms with Crippen LogP contribution < -0.4 is 24.3 Å². The molecule has 11 rings (SSSR count). The summed E-state index contributed by atoms with van der Waals surface area (Å²) in [6.45, 7) is 12.2. The number of esters is 4. The summed E-state index contributed by atoms with van der Waals surface area (Å²) in [5, 5.41) is 14.8. The van der Waals surface area contributed by atoms with Gasteiger partial charge in [-0.2, -0.15) is 0 Å². The Labute approximate surface area is 510 Å². The molecule has 2 aromatic heterocycles. The Balaban J connectivity index is 0.000000193. The summed E-state index contributed by atoms with van der Waals surface area (Å²) in [6, 6.07) is 10.8. The largest absolute Gasteiger partial charge is 0.497 e. The van der Waals surface area contributed by atoms with Gasteiger partial charge < -0.3 is 53.2 Å². The number of ether oxygens (including phenoxy) is 8. The zero-order chi connectivity index (χ0) is 62.2. The van der Waals surface area contributed by atoms with Crippen LogP contribution in [0.1, 0.15) is 167 Å². The molecule has 7 heterocycles. The topological polar surface area (TPSA) is 238 Å². The normalized spacial score (nSPS) is 27.1. The summed E-state index contributed by atoms with van der Waals surface area (Å²) in [5.74, 6) is -0.203. The summed E-state index contributed by atoms with van der Waals surface area (Å²) in [7, 11) is 6.08. The van der Waals surface area contributed by atoms with Crippen LogP contribution in [0.25, 0.3) is 21.8 Å². The fourth-order valence-electron chi connectivity index (χ4n) is 14.0. The van der Waals surface area contributed by atoms with E-state index in [2.05, 4.69) is 5.32 Å². The summed E-state index contributed by atoms with van der Waals surface area (Å²) >= 11 is 0. The number of rotatable bonds is 14. The maximum absolute atomic E-state index is 14.3. The van der Waals surface area contributed by atoms with Crippen molar-refractivity contribution in [1.82, 2.24) is 20.2 Å². The molecule has 5 aliphatic heterocycles. The van der Waals surface area contributed by atoms with Crippen LogP contribution in [0.2, 0.25) is 0 Å². The Kier molecular flexibility index (Phi) is 18.7. The number of aliphatic carboxylic acids is 1. The fourth-order valence-corrected chi connectivity index (χ4v) is 14.0. The highest BCUT2D eigenvalue weighted by atomic mass is 16.6. The van der Waals surface area contributed by atoms with E-state index in [1.807, 2.05) is 77.9 Å². The molecule has 2 aromatic carbocycles. The van der Waals surface area contributed by atoms with Gasteiger partial charge in [0.25, 0.3) is 0 Å². The second kappa shape index (κ2) is 25.8. The molecule has 4 aromatic rings. The number of carbonyl (C=O) groups excluding carboxylic acids is 5. The molecule has 0 radical (unpaired) electrons. The predicted octanol–water partition coefficient (Wildman–Crippen LogP) is 10.2. The lowest BCUT2D eigenvalue weighted by molar-refractivity contribution is -0.157. The third-order valence-corrected chi connectivity index (χ3v) is 19.5. The van der Waals surface area contributed by atoms with Gasteiger partial charge in [0.15, 0.2) is 0 Å². The molecule has 0 unspecified atom stereocenters. The molecule has 2 aliphatic carbocycles. The number of aromatic nitrogens is 2. The lowest BCUT2D eigenvalue weighted by Gasteiger charge is -2.38. The Morgan fingerprint density at radius 1 is 0.782 bits per heavy atom. The van der Waals surface area contributed by atoms with E-state index in [-0.39, 0.29) is 55.5 Å². The Morgan fingerprint density at radius 3 is 2.10 bits per heavy atom. The second-order valence-electron chi connectivity index (χ2n) is 27.8. The number of carboxylic acids is 1. The molecule has 19 heteroatoms. The number of nitrogens with one attached hydrogen (secondary N) is 1.